The SMILES string of the molecule is CN1C(=O)c2ccc(NC(=O)Cc3ccc(Cl)s3)cc2C1=O. The Morgan fingerprint density at radius 1 is 1.18 bits per heavy atom. The number of nitrogens with zero attached hydrogens (tertiary/aromatic N) is 1. The number of carbonyl (C=O) groups excluding carboxylic acids is 3. The van der Waals surface area contributed by atoms with E-state index in [0.29, 0.717) is 21.2 Å². The lowest BCUT2D eigenvalue weighted by atomic mass is 10.1. The van der Waals surface area contributed by atoms with Gasteiger partial charge in [-0.25, -0.2) is 0 Å². The third-order valence-corrected chi connectivity index (χ3v) is 4.57. The fourth-order valence-corrected chi connectivity index (χ4v) is 3.34. The van der Waals surface area contributed by atoms with Crippen molar-refractivity contribution in [3.63, 3.8) is 0 Å². The Hall–Kier alpha value is -2.18. The van der Waals surface area contributed by atoms with Crippen LogP contribution in [0.4, 0.5) is 5.69 Å². The van der Waals surface area contributed by atoms with Gasteiger partial charge in [-0.2, -0.15) is 0 Å². The van der Waals surface area contributed by atoms with Crippen LogP contribution in [0.2, 0.25) is 4.34 Å². The minimum absolute atomic E-state index is 0.205. The Balaban J connectivity index is 1.76. The number of hydrogen-bond acceptors (Lipinski definition) is 4. The molecule has 0 saturated carbocycles. The van der Waals surface area contributed by atoms with E-state index in [2.05, 4.69) is 5.32 Å². The van der Waals surface area contributed by atoms with Crippen molar-refractivity contribution in [2.24, 2.45) is 0 Å². The van der Waals surface area contributed by atoms with Crippen LogP contribution in [0.5, 0.6) is 0 Å². The van der Waals surface area contributed by atoms with Gasteiger partial charge in [0.25, 0.3) is 11.8 Å². The summed E-state index contributed by atoms with van der Waals surface area (Å²) in [5.74, 6) is -0.893. The third-order valence-electron chi connectivity index (χ3n) is 3.34. The van der Waals surface area contributed by atoms with E-state index in [9.17, 15) is 14.4 Å². The maximum atomic E-state index is 12.0. The van der Waals surface area contributed by atoms with Crippen LogP contribution in [0, 0.1) is 0 Å². The van der Waals surface area contributed by atoms with Crippen LogP contribution >= 0.6 is 22.9 Å². The summed E-state index contributed by atoms with van der Waals surface area (Å²) in [4.78, 5) is 37.6. The zero-order valence-electron chi connectivity index (χ0n) is 11.6. The summed E-state index contributed by atoms with van der Waals surface area (Å²) in [7, 11) is 1.43. The number of imide groups is 1. The highest BCUT2D eigenvalue weighted by molar-refractivity contribution is 7.16. The topological polar surface area (TPSA) is 66.5 Å². The van der Waals surface area contributed by atoms with Gasteiger partial charge in [0.15, 0.2) is 0 Å². The minimum atomic E-state index is -0.360. The lowest BCUT2D eigenvalue weighted by Gasteiger charge is -2.05. The Kier molecular flexibility index (Phi) is 3.72. The highest BCUT2D eigenvalue weighted by Crippen LogP contribution is 2.25. The van der Waals surface area contributed by atoms with Crippen molar-refractivity contribution in [1.29, 1.82) is 0 Å². The molecule has 3 rings (SSSR count). The molecule has 1 aliphatic heterocycles. The molecule has 1 aromatic heterocycles. The van der Waals surface area contributed by atoms with E-state index < -0.39 is 0 Å². The smallest absolute Gasteiger partial charge is 0.261 e. The van der Waals surface area contributed by atoms with Crippen LogP contribution in [0.15, 0.2) is 30.3 Å². The second-order valence-corrected chi connectivity index (χ2v) is 6.66. The van der Waals surface area contributed by atoms with Crippen molar-refractivity contribution < 1.29 is 14.4 Å². The fourth-order valence-electron chi connectivity index (χ4n) is 2.25. The van der Waals surface area contributed by atoms with Gasteiger partial charge < -0.3 is 5.32 Å². The van der Waals surface area contributed by atoms with Crippen molar-refractivity contribution in [1.82, 2.24) is 4.90 Å². The molecule has 2 aromatic rings. The van der Waals surface area contributed by atoms with Gasteiger partial charge in [-0.3, -0.25) is 19.3 Å². The van der Waals surface area contributed by atoms with Crippen molar-refractivity contribution in [3.8, 4) is 0 Å². The molecule has 5 nitrogen and oxygen atoms in total. The molecular weight excluding hydrogens is 324 g/mol. The molecule has 0 radical (unpaired) electrons. The van der Waals surface area contributed by atoms with E-state index in [0.717, 1.165) is 9.78 Å². The zero-order chi connectivity index (χ0) is 15.9. The molecule has 7 heteroatoms. The third kappa shape index (κ3) is 2.63. The van der Waals surface area contributed by atoms with E-state index in [1.54, 1.807) is 24.3 Å². The molecular formula is C15H11ClN2O3S. The van der Waals surface area contributed by atoms with E-state index in [-0.39, 0.29) is 24.1 Å². The van der Waals surface area contributed by atoms with Gasteiger partial charge in [-0.15, -0.1) is 11.3 Å². The first kappa shape index (κ1) is 14.7. The first-order valence-corrected chi connectivity index (χ1v) is 7.65. The highest BCUT2D eigenvalue weighted by atomic mass is 35.5. The van der Waals surface area contributed by atoms with Crippen molar-refractivity contribution in [2.75, 3.05) is 12.4 Å². The summed E-state index contributed by atoms with van der Waals surface area (Å²) < 4.78 is 0.632. The Morgan fingerprint density at radius 3 is 2.59 bits per heavy atom. The van der Waals surface area contributed by atoms with Gasteiger partial charge in [-0.05, 0) is 30.3 Å². The van der Waals surface area contributed by atoms with Gasteiger partial charge in [0.05, 0.1) is 21.9 Å². The molecule has 1 aliphatic rings. The lowest BCUT2D eigenvalue weighted by molar-refractivity contribution is -0.115. The quantitative estimate of drug-likeness (QED) is 0.878. The number of hydrogen-bond donors (Lipinski definition) is 1. The van der Waals surface area contributed by atoms with Crippen molar-refractivity contribution in [3.05, 3.63) is 50.7 Å². The number of benzene rings is 1. The average Bonchev–Trinajstić information content (AvgIpc) is 2.97. The molecule has 0 saturated heterocycles. The molecule has 0 atom stereocenters. The summed E-state index contributed by atoms with van der Waals surface area (Å²) in [6, 6.07) is 8.23. The zero-order valence-corrected chi connectivity index (χ0v) is 13.1. The fraction of sp³-hybridized carbons (Fsp3) is 0.133. The normalized spacial score (nSPS) is 13.5. The first-order valence-electron chi connectivity index (χ1n) is 6.46. The van der Waals surface area contributed by atoms with E-state index in [1.807, 2.05) is 0 Å². The number of amides is 3. The van der Waals surface area contributed by atoms with Crippen LogP contribution in [0.25, 0.3) is 0 Å². The van der Waals surface area contributed by atoms with Crippen molar-refractivity contribution in [2.45, 2.75) is 6.42 Å². The Labute approximate surface area is 135 Å². The van der Waals surface area contributed by atoms with E-state index >= 15 is 0 Å². The standard InChI is InChI=1S/C15H11ClN2O3S/c1-18-14(20)10-4-2-8(6-11(10)15(18)21)17-13(19)7-9-3-5-12(16)22-9/h2-6H,7H2,1H3,(H,17,19). The predicted molar refractivity (Wildman–Crippen MR) is 84.5 cm³/mol. The lowest BCUT2D eigenvalue weighted by Crippen LogP contribution is -2.24. The second kappa shape index (κ2) is 5.55. The molecule has 0 spiro atoms. The molecule has 3 amide bonds. The van der Waals surface area contributed by atoms with Crippen LogP contribution in [-0.4, -0.2) is 29.7 Å². The maximum absolute atomic E-state index is 12.0. The number of anilines is 1. The average molecular weight is 335 g/mol. The van der Waals surface area contributed by atoms with Crippen molar-refractivity contribution >= 4 is 46.3 Å². The summed E-state index contributed by atoms with van der Waals surface area (Å²) in [5.41, 5.74) is 1.16. The molecule has 1 N–H and O–H groups in total. The number of carbonyl (C=O) groups is 3. The Morgan fingerprint density at radius 2 is 1.91 bits per heavy atom. The Bertz CT molecular complexity index is 800. The monoisotopic (exact) mass is 334 g/mol. The number of thiophene rings is 1. The minimum Gasteiger partial charge on any atom is -0.326 e. The van der Waals surface area contributed by atoms with Crippen LogP contribution in [-0.2, 0) is 11.2 Å². The summed E-state index contributed by atoms with van der Waals surface area (Å²) in [6.07, 6.45) is 0.210. The van der Waals surface area contributed by atoms with E-state index in [1.165, 1.54) is 24.5 Å². The van der Waals surface area contributed by atoms with Crippen LogP contribution < -0.4 is 5.32 Å². The summed E-state index contributed by atoms with van der Waals surface area (Å²) in [5, 5.41) is 2.72. The van der Waals surface area contributed by atoms with Crippen LogP contribution in [0.1, 0.15) is 25.6 Å². The highest BCUT2D eigenvalue weighted by Gasteiger charge is 2.32. The van der Waals surface area contributed by atoms with Gasteiger partial charge in [0, 0.05) is 17.6 Å². The summed E-state index contributed by atoms with van der Waals surface area (Å²) >= 11 is 7.17. The number of rotatable bonds is 3. The molecule has 112 valence electrons. The predicted octanol–water partition coefficient (Wildman–Crippen LogP) is 2.81. The molecule has 0 unspecified atom stereocenters. The molecule has 2 heterocycles. The van der Waals surface area contributed by atoms with Gasteiger partial charge in [0.1, 0.15) is 0 Å². The molecule has 0 bridgehead atoms. The first-order chi connectivity index (χ1) is 10.5. The molecule has 0 aliphatic carbocycles. The number of fused-ring (bicyclic) bond motifs is 1. The molecule has 22 heavy (non-hydrogen) atoms. The van der Waals surface area contributed by atoms with Gasteiger partial charge in [-0.1, -0.05) is 11.6 Å². The molecule has 1 aromatic carbocycles. The van der Waals surface area contributed by atoms with Gasteiger partial charge >= 0.3 is 0 Å². The van der Waals surface area contributed by atoms with E-state index in [4.69, 9.17) is 11.6 Å². The molecule has 0 fully saturated rings. The second-order valence-electron chi connectivity index (χ2n) is 4.86. The number of nitrogens with one attached hydrogen (secondary N) is 1. The number of halogens is 1. The maximum Gasteiger partial charge on any atom is 0.261 e. The van der Waals surface area contributed by atoms with Gasteiger partial charge in [0.2, 0.25) is 5.91 Å². The summed E-state index contributed by atoms with van der Waals surface area (Å²) in [6.45, 7) is 0. The van der Waals surface area contributed by atoms with Crippen LogP contribution in [0.3, 0.4) is 0 Å². The largest absolute Gasteiger partial charge is 0.326 e.